The fraction of sp³-hybridized carbons (Fsp3) is 0.724. The maximum Gasteiger partial charge on any atom is 0.242 e. The van der Waals surface area contributed by atoms with Crippen LogP contribution in [-0.2, 0) is 9.59 Å². The molecule has 4 saturated carbocycles. The number of hydrogen-bond donors (Lipinski definition) is 1. The summed E-state index contributed by atoms with van der Waals surface area (Å²) in [5.41, 5.74) is 1.17. The molecule has 190 valence electrons. The van der Waals surface area contributed by atoms with E-state index in [1.54, 1.807) is 0 Å². The highest BCUT2D eigenvalue weighted by Gasteiger charge is 2.56. The Morgan fingerprint density at radius 1 is 0.886 bits per heavy atom. The van der Waals surface area contributed by atoms with Gasteiger partial charge in [0.2, 0.25) is 11.8 Å². The number of para-hydroxylation sites is 1. The lowest BCUT2D eigenvalue weighted by molar-refractivity contribution is -0.160. The zero-order valence-electron chi connectivity index (χ0n) is 21.2. The van der Waals surface area contributed by atoms with E-state index in [-0.39, 0.29) is 17.4 Å². The topological polar surface area (TPSA) is 55.9 Å². The molecule has 0 radical (unpaired) electrons. The standard InChI is InChI=1S/C29H42N4O2/c34-27(30-9-5-10-31-12-14-32(15-13-31)25-6-2-1-3-7-25)26-8-4-11-33(26)28(35)29-19-22-16-23(20-29)18-24(17-22)21-29/h1-3,6-7,22-24,26H,4-5,8-21H2,(H,30,34)/t22?,23?,24?,26-,29?/m0/s1. The predicted octanol–water partition coefficient (Wildman–Crippen LogP) is 3.52. The normalized spacial score (nSPS) is 34.4. The Morgan fingerprint density at radius 2 is 1.54 bits per heavy atom. The molecule has 4 aliphatic carbocycles. The number of nitrogens with zero attached hydrogens (tertiary/aromatic N) is 3. The Kier molecular flexibility index (Phi) is 6.50. The van der Waals surface area contributed by atoms with Crippen LogP contribution in [0, 0.1) is 23.2 Å². The summed E-state index contributed by atoms with van der Waals surface area (Å²) in [5, 5.41) is 3.19. The number of carbonyl (C=O) groups excluding carboxylic acids is 2. The SMILES string of the molecule is O=C(NCCCN1CCN(c2ccccc2)CC1)[C@@H]1CCCN1C(=O)C12CC3CC(CC(C3)C1)C2. The number of amides is 2. The maximum atomic E-state index is 13.8. The zero-order valence-corrected chi connectivity index (χ0v) is 21.2. The monoisotopic (exact) mass is 478 g/mol. The van der Waals surface area contributed by atoms with Gasteiger partial charge in [-0.25, -0.2) is 0 Å². The van der Waals surface area contributed by atoms with Crippen molar-refractivity contribution < 1.29 is 9.59 Å². The summed E-state index contributed by atoms with van der Waals surface area (Å²) in [7, 11) is 0. The molecule has 4 bridgehead atoms. The van der Waals surface area contributed by atoms with Gasteiger partial charge in [0.1, 0.15) is 6.04 Å². The van der Waals surface area contributed by atoms with E-state index in [0.717, 1.165) is 95.5 Å². The van der Waals surface area contributed by atoms with Gasteiger partial charge < -0.3 is 15.1 Å². The van der Waals surface area contributed by atoms with Crippen LogP contribution in [0.2, 0.25) is 0 Å². The van der Waals surface area contributed by atoms with Crippen molar-refractivity contribution in [1.82, 2.24) is 15.1 Å². The minimum Gasteiger partial charge on any atom is -0.369 e. The molecular formula is C29H42N4O2. The van der Waals surface area contributed by atoms with E-state index in [2.05, 4.69) is 45.4 Å². The van der Waals surface area contributed by atoms with E-state index in [1.165, 1.54) is 24.9 Å². The minimum atomic E-state index is -0.245. The van der Waals surface area contributed by atoms with Gasteiger partial charge in [-0.05, 0) is 94.2 Å². The first-order chi connectivity index (χ1) is 17.1. The van der Waals surface area contributed by atoms with Crippen molar-refractivity contribution >= 4 is 17.5 Å². The molecule has 0 aromatic heterocycles. The van der Waals surface area contributed by atoms with Gasteiger partial charge >= 0.3 is 0 Å². The number of anilines is 1. The number of carbonyl (C=O) groups is 2. The van der Waals surface area contributed by atoms with E-state index >= 15 is 0 Å². The summed E-state index contributed by atoms with van der Waals surface area (Å²) >= 11 is 0. The number of piperazine rings is 1. The smallest absolute Gasteiger partial charge is 0.242 e. The van der Waals surface area contributed by atoms with Gasteiger partial charge in [-0.2, -0.15) is 0 Å². The highest BCUT2D eigenvalue weighted by atomic mass is 16.2. The van der Waals surface area contributed by atoms with Crippen molar-refractivity contribution in [3.05, 3.63) is 30.3 Å². The molecule has 6 heteroatoms. The van der Waals surface area contributed by atoms with E-state index < -0.39 is 0 Å². The first kappa shape index (κ1) is 23.3. The van der Waals surface area contributed by atoms with Crippen molar-refractivity contribution in [2.75, 3.05) is 50.7 Å². The first-order valence-electron chi connectivity index (χ1n) is 14.2. The molecule has 7 rings (SSSR count). The lowest BCUT2D eigenvalue weighted by Crippen LogP contribution is -2.57. The summed E-state index contributed by atoms with van der Waals surface area (Å²) in [4.78, 5) is 33.9. The molecule has 2 heterocycles. The van der Waals surface area contributed by atoms with Crippen LogP contribution in [-0.4, -0.2) is 73.5 Å². The van der Waals surface area contributed by atoms with Crippen molar-refractivity contribution in [3.63, 3.8) is 0 Å². The predicted molar refractivity (Wildman–Crippen MR) is 138 cm³/mol. The van der Waals surface area contributed by atoms with Crippen LogP contribution in [0.25, 0.3) is 0 Å². The molecule has 1 aromatic carbocycles. The summed E-state index contributed by atoms with van der Waals surface area (Å²) in [6.07, 6.45) is 10.0. The largest absolute Gasteiger partial charge is 0.369 e. The molecular weight excluding hydrogens is 436 g/mol. The van der Waals surface area contributed by atoms with Gasteiger partial charge in [0.25, 0.3) is 0 Å². The van der Waals surface area contributed by atoms with Crippen LogP contribution in [0.1, 0.15) is 57.8 Å². The fourth-order valence-electron chi connectivity index (χ4n) is 8.46. The molecule has 6 aliphatic rings. The number of nitrogens with one attached hydrogen (secondary N) is 1. The molecule has 0 unspecified atom stereocenters. The molecule has 6 fully saturated rings. The van der Waals surface area contributed by atoms with Crippen LogP contribution in [0.4, 0.5) is 5.69 Å². The van der Waals surface area contributed by atoms with Gasteiger partial charge in [-0.3, -0.25) is 14.5 Å². The minimum absolute atomic E-state index is 0.0782. The van der Waals surface area contributed by atoms with Crippen LogP contribution in [0.5, 0.6) is 0 Å². The molecule has 6 nitrogen and oxygen atoms in total. The Labute approximate surface area is 210 Å². The van der Waals surface area contributed by atoms with Crippen LogP contribution >= 0.6 is 0 Å². The molecule has 2 aliphatic heterocycles. The average Bonchev–Trinajstić information content (AvgIpc) is 3.36. The Bertz CT molecular complexity index is 875. The van der Waals surface area contributed by atoms with Crippen molar-refractivity contribution in [3.8, 4) is 0 Å². The quantitative estimate of drug-likeness (QED) is 0.610. The van der Waals surface area contributed by atoms with Crippen molar-refractivity contribution in [2.45, 2.75) is 63.8 Å². The van der Waals surface area contributed by atoms with Crippen molar-refractivity contribution in [2.24, 2.45) is 23.2 Å². The lowest BCUT2D eigenvalue weighted by atomic mass is 9.49. The molecule has 2 amide bonds. The molecule has 0 spiro atoms. The number of rotatable bonds is 7. The second-order valence-corrected chi connectivity index (χ2v) is 12.2. The van der Waals surface area contributed by atoms with Gasteiger partial charge in [0.05, 0.1) is 5.41 Å². The van der Waals surface area contributed by atoms with E-state index in [4.69, 9.17) is 0 Å². The number of likely N-dealkylation sites (tertiary alicyclic amines) is 1. The molecule has 1 N–H and O–H groups in total. The summed E-state index contributed by atoms with van der Waals surface area (Å²) in [6, 6.07) is 10.4. The molecule has 1 atom stereocenters. The summed E-state index contributed by atoms with van der Waals surface area (Å²) in [5.74, 6) is 2.68. The van der Waals surface area contributed by atoms with Crippen LogP contribution in [0.15, 0.2) is 30.3 Å². The molecule has 2 saturated heterocycles. The molecule has 35 heavy (non-hydrogen) atoms. The fourth-order valence-corrected chi connectivity index (χ4v) is 8.46. The third-order valence-corrected chi connectivity index (χ3v) is 9.75. The second kappa shape index (κ2) is 9.76. The van der Waals surface area contributed by atoms with Crippen LogP contribution in [0.3, 0.4) is 0 Å². The maximum absolute atomic E-state index is 13.8. The second-order valence-electron chi connectivity index (χ2n) is 12.2. The van der Waals surface area contributed by atoms with Gasteiger partial charge in [0.15, 0.2) is 0 Å². The van der Waals surface area contributed by atoms with Gasteiger partial charge in [0, 0.05) is 45.0 Å². The third kappa shape index (κ3) is 4.71. The Balaban J connectivity index is 0.955. The zero-order chi connectivity index (χ0) is 23.8. The number of benzene rings is 1. The van der Waals surface area contributed by atoms with E-state index in [1.807, 2.05) is 4.90 Å². The Hall–Kier alpha value is -2.08. The van der Waals surface area contributed by atoms with Crippen molar-refractivity contribution in [1.29, 1.82) is 0 Å². The van der Waals surface area contributed by atoms with Crippen LogP contribution < -0.4 is 10.2 Å². The van der Waals surface area contributed by atoms with E-state index in [0.29, 0.717) is 12.5 Å². The van der Waals surface area contributed by atoms with Gasteiger partial charge in [-0.1, -0.05) is 18.2 Å². The summed E-state index contributed by atoms with van der Waals surface area (Å²) in [6.45, 7) is 6.73. The van der Waals surface area contributed by atoms with E-state index in [9.17, 15) is 9.59 Å². The average molecular weight is 479 g/mol. The first-order valence-corrected chi connectivity index (χ1v) is 14.2. The Morgan fingerprint density at radius 3 is 2.20 bits per heavy atom. The van der Waals surface area contributed by atoms with Gasteiger partial charge in [-0.15, -0.1) is 0 Å². The third-order valence-electron chi connectivity index (χ3n) is 9.75. The summed E-state index contributed by atoms with van der Waals surface area (Å²) < 4.78 is 0. The number of hydrogen-bond acceptors (Lipinski definition) is 4. The highest BCUT2D eigenvalue weighted by molar-refractivity contribution is 5.91. The molecule has 1 aromatic rings. The highest BCUT2D eigenvalue weighted by Crippen LogP contribution is 2.60. The lowest BCUT2D eigenvalue weighted by Gasteiger charge is -2.56.